The molecule has 3 nitrogen and oxygen atoms in total. The number of carbonyl (C=O) groups excluding carboxylic acids is 1. The lowest BCUT2D eigenvalue weighted by molar-refractivity contribution is -0.681. The van der Waals surface area contributed by atoms with Gasteiger partial charge in [-0.05, 0) is 12.1 Å². The maximum Gasteiger partial charge on any atom is 0.227 e. The first-order chi connectivity index (χ1) is 30.4. The van der Waals surface area contributed by atoms with E-state index in [1.54, 1.807) is 12.1 Å². The molecule has 0 fully saturated rings. The molecule has 0 aliphatic carbocycles. The molecule has 0 unspecified atom stereocenters. The molecule has 65 heavy (non-hydrogen) atoms. The Hall–Kier alpha value is -7.14. The Kier molecular flexibility index (Phi) is 12.7. The van der Waals surface area contributed by atoms with Crippen LogP contribution in [0.3, 0.4) is 0 Å². The standard InChI is InChI=1S/C24BF20.C17H13NO2/c26-5-1(6(27)14(35)21(42)13(5)34)25(2-7(28)15(36)22(43)16(37)8(2)29,3-9(30)17(38)23(44)18(39)10(3)31)4-11(32)19(40)24(45)20(41)12(4)33;19-16-8-4-7-14-11-18(10-9-15(14)16)12-17(20)13-5-2-1-3-6-13/h;1-11H,12H2/q-1;/p+1. The first kappa shape index (κ1) is 47.3. The summed E-state index contributed by atoms with van der Waals surface area (Å²) >= 11 is 0. The summed E-state index contributed by atoms with van der Waals surface area (Å²) in [6, 6.07) is 16.4. The number of hydrogen-bond donors (Lipinski definition) is 1. The number of Topliss-reactive ketones (excluding diaryl/α,β-unsaturated/α-hetero) is 1. The average molecular weight is 943 g/mol. The van der Waals surface area contributed by atoms with Gasteiger partial charge >= 0.3 is 0 Å². The third-order valence-corrected chi connectivity index (χ3v) is 9.98. The summed E-state index contributed by atoms with van der Waals surface area (Å²) in [5, 5.41) is 11.4. The van der Waals surface area contributed by atoms with Crippen LogP contribution >= 0.6 is 0 Å². The Labute approximate surface area is 347 Å². The maximum absolute atomic E-state index is 15.4. The van der Waals surface area contributed by atoms with Crippen LogP contribution in [0.5, 0.6) is 5.75 Å². The van der Waals surface area contributed by atoms with E-state index in [1.165, 1.54) is 0 Å². The van der Waals surface area contributed by atoms with Gasteiger partial charge in [0, 0.05) is 22.4 Å². The average Bonchev–Trinajstić information content (AvgIpc) is 3.29. The normalized spacial score (nSPS) is 11.6. The van der Waals surface area contributed by atoms with Gasteiger partial charge in [0.05, 0.1) is 0 Å². The number of ketones is 1. The van der Waals surface area contributed by atoms with Gasteiger partial charge in [-0.3, -0.25) is 4.79 Å². The number of aromatic nitrogens is 1. The molecule has 7 aromatic rings. The summed E-state index contributed by atoms with van der Waals surface area (Å²) in [7, 11) is 0. The van der Waals surface area contributed by atoms with Crippen molar-refractivity contribution >= 4 is 44.6 Å². The Morgan fingerprint density at radius 3 is 1.03 bits per heavy atom. The minimum atomic E-state index is -7.22. The number of rotatable bonds is 7. The number of carbonyl (C=O) groups is 1. The monoisotopic (exact) mass is 943 g/mol. The van der Waals surface area contributed by atoms with Crippen molar-refractivity contribution in [3.05, 3.63) is 189 Å². The topological polar surface area (TPSA) is 41.2 Å². The number of hydrogen-bond acceptors (Lipinski definition) is 2. The van der Waals surface area contributed by atoms with Gasteiger partial charge in [0.15, 0.2) is 82.2 Å². The van der Waals surface area contributed by atoms with E-state index in [1.807, 2.05) is 59.4 Å². The Balaban J connectivity index is 0.000000289. The third kappa shape index (κ3) is 7.42. The number of fused-ring (bicyclic) bond motifs is 1. The van der Waals surface area contributed by atoms with Crippen molar-refractivity contribution in [2.24, 2.45) is 0 Å². The van der Waals surface area contributed by atoms with Gasteiger partial charge in [-0.1, -0.05) is 36.4 Å². The highest BCUT2D eigenvalue weighted by Gasteiger charge is 2.52. The molecule has 0 aliphatic rings. The van der Waals surface area contributed by atoms with Crippen LogP contribution in [0.1, 0.15) is 10.4 Å². The molecule has 0 radical (unpaired) electrons. The van der Waals surface area contributed by atoms with E-state index in [4.69, 9.17) is 0 Å². The summed E-state index contributed by atoms with van der Waals surface area (Å²) in [6.45, 7) is 0.287. The Morgan fingerprint density at radius 2 is 0.708 bits per heavy atom. The maximum atomic E-state index is 15.4. The second kappa shape index (κ2) is 17.4. The molecule has 0 atom stereocenters. The summed E-state index contributed by atoms with van der Waals surface area (Å²) in [4.78, 5) is 12.1. The predicted octanol–water partition coefficient (Wildman–Crippen LogP) is 8.56. The largest absolute Gasteiger partial charge is 0.507 e. The Bertz CT molecular complexity index is 2730. The molecule has 0 amide bonds. The van der Waals surface area contributed by atoms with Crippen LogP contribution in [0, 0.1) is 116 Å². The molecule has 1 aromatic heterocycles. The highest BCUT2D eigenvalue weighted by molar-refractivity contribution is 7.20. The minimum absolute atomic E-state index is 0.0649. The molecule has 0 spiro atoms. The highest BCUT2D eigenvalue weighted by Crippen LogP contribution is 2.31. The molecule has 24 heteroatoms. The summed E-state index contributed by atoms with van der Waals surface area (Å²) < 4.78 is 296. The summed E-state index contributed by atoms with van der Waals surface area (Å²) in [6.07, 6.45) is -3.54. The van der Waals surface area contributed by atoms with E-state index in [0.717, 1.165) is 10.8 Å². The van der Waals surface area contributed by atoms with Gasteiger partial charge in [-0.25, -0.2) is 87.8 Å². The van der Waals surface area contributed by atoms with Crippen LogP contribution < -0.4 is 26.4 Å². The van der Waals surface area contributed by atoms with Crippen molar-refractivity contribution in [1.82, 2.24) is 0 Å². The van der Waals surface area contributed by atoms with Crippen LogP contribution in [0.15, 0.2) is 67.0 Å². The van der Waals surface area contributed by atoms with E-state index >= 15 is 35.1 Å². The molecule has 0 saturated carbocycles. The van der Waals surface area contributed by atoms with Gasteiger partial charge in [-0.15, -0.1) is 21.9 Å². The molecule has 0 saturated heterocycles. The number of pyridine rings is 1. The molecule has 1 heterocycles. The van der Waals surface area contributed by atoms with Crippen LogP contribution in [0.2, 0.25) is 0 Å². The lowest BCUT2D eigenvalue weighted by atomic mass is 9.12. The lowest BCUT2D eigenvalue weighted by Gasteiger charge is -2.44. The smallest absolute Gasteiger partial charge is 0.227 e. The van der Waals surface area contributed by atoms with Crippen LogP contribution in [-0.2, 0) is 6.54 Å². The molecular formula is C41H14BF20NO2. The van der Waals surface area contributed by atoms with Crippen LogP contribution in [0.25, 0.3) is 10.8 Å². The predicted molar refractivity (Wildman–Crippen MR) is 186 cm³/mol. The fourth-order valence-electron chi connectivity index (χ4n) is 7.11. The van der Waals surface area contributed by atoms with Gasteiger partial charge < -0.3 is 5.11 Å². The summed E-state index contributed by atoms with van der Waals surface area (Å²) in [5.41, 5.74) is -13.6. The highest BCUT2D eigenvalue weighted by atomic mass is 19.2. The first-order valence-corrected chi connectivity index (χ1v) is 17.4. The Morgan fingerprint density at radius 1 is 0.400 bits per heavy atom. The lowest BCUT2D eigenvalue weighted by Crippen LogP contribution is -2.81. The van der Waals surface area contributed by atoms with Crippen molar-refractivity contribution < 1.29 is 102 Å². The second-order valence-corrected chi connectivity index (χ2v) is 13.5. The van der Waals surface area contributed by atoms with Crippen LogP contribution in [-0.4, -0.2) is 17.0 Å². The zero-order valence-electron chi connectivity index (χ0n) is 31.0. The van der Waals surface area contributed by atoms with Crippen molar-refractivity contribution in [3.63, 3.8) is 0 Å². The number of phenols is 1. The number of nitrogens with zero attached hydrogens (tertiary/aromatic N) is 1. The van der Waals surface area contributed by atoms with Gasteiger partial charge in [0.2, 0.25) is 12.3 Å². The fraction of sp³-hybridized carbons (Fsp3) is 0.0244. The molecular weight excluding hydrogens is 929 g/mol. The number of phenolic OH excluding ortho intramolecular Hbond substituents is 1. The molecule has 0 aliphatic heterocycles. The van der Waals surface area contributed by atoms with E-state index in [0.29, 0.717) is 5.56 Å². The van der Waals surface area contributed by atoms with E-state index < -0.39 is 144 Å². The van der Waals surface area contributed by atoms with E-state index in [2.05, 4.69) is 0 Å². The van der Waals surface area contributed by atoms with Crippen molar-refractivity contribution in [3.8, 4) is 5.75 Å². The first-order valence-electron chi connectivity index (χ1n) is 17.4. The molecule has 0 bridgehead atoms. The molecule has 7 rings (SSSR count). The zero-order valence-corrected chi connectivity index (χ0v) is 31.0. The SMILES string of the molecule is Fc1c(F)c(F)c([B-](c2c(F)c(F)c(F)c(F)c2F)(c2c(F)c(F)c(F)c(F)c2F)c2c(F)c(F)c(F)c(F)c2F)c(F)c1F.O=C(C[n+]1ccc2c(O)cccc2c1)c1ccccc1. The second-order valence-electron chi connectivity index (χ2n) is 13.5. The van der Waals surface area contributed by atoms with Crippen LogP contribution in [0.4, 0.5) is 87.8 Å². The number of halogens is 20. The number of benzene rings is 6. The minimum Gasteiger partial charge on any atom is -0.507 e. The number of aromatic hydroxyl groups is 1. The molecule has 1 N–H and O–H groups in total. The van der Waals surface area contributed by atoms with Gasteiger partial charge in [-0.2, -0.15) is 4.57 Å². The zero-order chi connectivity index (χ0) is 48.3. The van der Waals surface area contributed by atoms with Gasteiger partial charge in [0.25, 0.3) is 0 Å². The third-order valence-electron chi connectivity index (χ3n) is 9.98. The van der Waals surface area contributed by atoms with E-state index in [-0.39, 0.29) is 18.1 Å². The van der Waals surface area contributed by atoms with Crippen molar-refractivity contribution in [2.45, 2.75) is 6.54 Å². The van der Waals surface area contributed by atoms with Gasteiger partial charge in [0.1, 0.15) is 58.4 Å². The molecule has 338 valence electrons. The van der Waals surface area contributed by atoms with Crippen molar-refractivity contribution in [1.29, 1.82) is 0 Å². The molecule has 6 aromatic carbocycles. The fourth-order valence-corrected chi connectivity index (χ4v) is 7.11. The quantitative estimate of drug-likeness (QED) is 0.0435. The van der Waals surface area contributed by atoms with E-state index in [9.17, 15) is 62.6 Å². The summed E-state index contributed by atoms with van der Waals surface area (Å²) in [5.74, 6) is -71.1. The van der Waals surface area contributed by atoms with Crippen molar-refractivity contribution in [2.75, 3.05) is 0 Å².